The first kappa shape index (κ1) is 25.2. The summed E-state index contributed by atoms with van der Waals surface area (Å²) in [5, 5.41) is 7.87. The number of anilines is 3. The van der Waals surface area contributed by atoms with Crippen LogP contribution in [0.2, 0.25) is 0 Å². The number of ether oxygens (including phenoxy) is 1. The van der Waals surface area contributed by atoms with Crippen molar-refractivity contribution in [2.75, 3.05) is 24.0 Å². The molecule has 0 amide bonds. The first-order chi connectivity index (χ1) is 18.4. The highest BCUT2D eigenvalue weighted by molar-refractivity contribution is 7.84. The maximum Gasteiger partial charge on any atom is 0.250 e. The predicted octanol–water partition coefficient (Wildman–Crippen LogP) is 6.00. The number of aromatic nitrogens is 2. The lowest BCUT2D eigenvalue weighted by molar-refractivity contribution is 0.414. The van der Waals surface area contributed by atoms with Crippen LogP contribution < -0.4 is 20.9 Å². The molecular weight excluding hydrogens is 496 g/mol. The molecule has 5 aromatic rings. The number of nitrogens with one attached hydrogen (secondary N) is 3. The Hall–Kier alpha value is -4.43. The molecule has 0 aliphatic carbocycles. The Bertz CT molecular complexity index is 1700. The molecule has 0 radical (unpaired) electrons. The van der Waals surface area contributed by atoms with E-state index >= 15 is 0 Å². The fourth-order valence-corrected chi connectivity index (χ4v) is 4.75. The maximum atomic E-state index is 12.0. The van der Waals surface area contributed by atoms with Crippen LogP contribution in [-0.2, 0) is 17.3 Å². The number of rotatable bonds is 8. The molecule has 0 fully saturated rings. The Morgan fingerprint density at radius 2 is 1.79 bits per heavy atom. The van der Waals surface area contributed by atoms with Gasteiger partial charge in [0.2, 0.25) is 0 Å². The topological polar surface area (TPSA) is 96.1 Å². The molecule has 0 saturated heterocycles. The van der Waals surface area contributed by atoms with E-state index in [2.05, 4.69) is 27.8 Å². The quantitative estimate of drug-likeness (QED) is 0.230. The van der Waals surface area contributed by atoms with Crippen LogP contribution in [0.4, 0.5) is 17.2 Å². The molecule has 2 heterocycles. The molecule has 0 saturated carbocycles. The fourth-order valence-electron chi connectivity index (χ4n) is 4.19. The number of pyridine rings is 2. The van der Waals surface area contributed by atoms with Crippen LogP contribution in [0.3, 0.4) is 0 Å². The summed E-state index contributed by atoms with van der Waals surface area (Å²) in [6.07, 6.45) is 3.39. The summed E-state index contributed by atoms with van der Waals surface area (Å²) in [4.78, 5) is 20.3. The number of methoxy groups -OCH3 is 1. The highest BCUT2D eigenvalue weighted by Gasteiger charge is 2.11. The second-order valence-corrected chi connectivity index (χ2v) is 10.4. The van der Waals surface area contributed by atoms with Crippen molar-refractivity contribution >= 4 is 38.9 Å². The number of aryl methyl sites for hydroxylation is 1. The normalized spacial score (nSPS) is 11.8. The van der Waals surface area contributed by atoms with Crippen LogP contribution >= 0.6 is 0 Å². The van der Waals surface area contributed by atoms with Crippen LogP contribution in [-0.4, -0.2) is 27.5 Å². The number of aromatic amines is 1. The smallest absolute Gasteiger partial charge is 0.250 e. The number of benzene rings is 3. The third-order valence-corrected chi connectivity index (χ3v) is 7.22. The summed E-state index contributed by atoms with van der Waals surface area (Å²) in [6.45, 7) is 2.37. The lowest BCUT2D eigenvalue weighted by Gasteiger charge is -2.16. The van der Waals surface area contributed by atoms with Crippen LogP contribution in [0.5, 0.6) is 5.75 Å². The minimum absolute atomic E-state index is 0.0921. The van der Waals surface area contributed by atoms with Gasteiger partial charge in [0.05, 0.1) is 18.3 Å². The van der Waals surface area contributed by atoms with Crippen LogP contribution in [0.25, 0.3) is 22.0 Å². The highest BCUT2D eigenvalue weighted by Crippen LogP contribution is 2.32. The van der Waals surface area contributed by atoms with Gasteiger partial charge < -0.3 is 20.4 Å². The van der Waals surface area contributed by atoms with E-state index in [9.17, 15) is 9.00 Å². The summed E-state index contributed by atoms with van der Waals surface area (Å²) in [7, 11) is 0.559. The minimum atomic E-state index is -1.09. The number of H-pyrrole nitrogens is 1. The molecule has 2 aromatic heterocycles. The molecule has 3 N–H and O–H groups in total. The number of hydrogen-bond acceptors (Lipinski definition) is 6. The SMILES string of the molecule is COc1ccc(CNc2nc3ccc(-c4c[nH]c(=O)c(C)c4)cc3cc2Nc2cccc(S(C)=O)c2)cc1. The minimum Gasteiger partial charge on any atom is -0.497 e. The molecule has 38 heavy (non-hydrogen) atoms. The van der Waals surface area contributed by atoms with Crippen molar-refractivity contribution in [2.45, 2.75) is 18.4 Å². The zero-order chi connectivity index (χ0) is 26.6. The summed E-state index contributed by atoms with van der Waals surface area (Å²) in [5.41, 5.74) is 6.01. The molecule has 0 bridgehead atoms. The third kappa shape index (κ3) is 5.60. The molecule has 0 aliphatic heterocycles. The van der Waals surface area contributed by atoms with Gasteiger partial charge >= 0.3 is 0 Å². The van der Waals surface area contributed by atoms with Gasteiger partial charge in [0.1, 0.15) is 5.75 Å². The van der Waals surface area contributed by atoms with Crippen molar-refractivity contribution in [2.24, 2.45) is 0 Å². The average molecular weight is 525 g/mol. The zero-order valence-corrected chi connectivity index (χ0v) is 22.2. The number of hydrogen-bond donors (Lipinski definition) is 3. The standard InChI is InChI=1S/C30H28N4O3S/c1-19-13-23(18-32-30(19)35)21-9-12-27-22(14-21)15-28(33-24-5-4-6-26(16-24)38(3)36)29(34-27)31-17-20-7-10-25(37-2)11-8-20/h4-16,18,33H,17H2,1-3H3,(H,31,34)(H,32,35). The Kier molecular flexibility index (Phi) is 7.24. The maximum absolute atomic E-state index is 12.0. The first-order valence-corrected chi connectivity index (χ1v) is 13.7. The van der Waals surface area contributed by atoms with Gasteiger partial charge in [-0.1, -0.05) is 24.3 Å². The van der Waals surface area contributed by atoms with Crippen LogP contribution in [0.1, 0.15) is 11.1 Å². The fraction of sp³-hybridized carbons (Fsp3) is 0.133. The van der Waals surface area contributed by atoms with Crippen molar-refractivity contribution in [1.29, 1.82) is 0 Å². The third-order valence-electron chi connectivity index (χ3n) is 6.30. The van der Waals surface area contributed by atoms with Crippen LogP contribution in [0.15, 0.2) is 94.7 Å². The van der Waals surface area contributed by atoms with E-state index in [0.717, 1.165) is 49.6 Å². The van der Waals surface area contributed by atoms with Crippen LogP contribution in [0, 0.1) is 6.92 Å². The first-order valence-electron chi connectivity index (χ1n) is 12.1. The van der Waals surface area contributed by atoms with E-state index in [1.165, 1.54) is 0 Å². The Morgan fingerprint density at radius 3 is 2.53 bits per heavy atom. The molecule has 5 rings (SSSR count). The average Bonchev–Trinajstić information content (AvgIpc) is 2.93. The summed E-state index contributed by atoms with van der Waals surface area (Å²) < 4.78 is 17.3. The zero-order valence-electron chi connectivity index (χ0n) is 21.4. The summed E-state index contributed by atoms with van der Waals surface area (Å²) in [6, 6.07) is 25.4. The summed E-state index contributed by atoms with van der Waals surface area (Å²) in [5.74, 6) is 1.51. The van der Waals surface area contributed by atoms with Crippen molar-refractivity contribution in [3.8, 4) is 16.9 Å². The van der Waals surface area contributed by atoms with Gasteiger partial charge in [-0.15, -0.1) is 0 Å². The van der Waals surface area contributed by atoms with E-state index in [1.807, 2.05) is 66.7 Å². The molecular formula is C30H28N4O3S. The molecule has 8 heteroatoms. The monoisotopic (exact) mass is 524 g/mol. The van der Waals surface area contributed by atoms with Crippen molar-refractivity contribution < 1.29 is 8.95 Å². The molecule has 7 nitrogen and oxygen atoms in total. The van der Waals surface area contributed by atoms with Crippen molar-refractivity contribution in [1.82, 2.24) is 9.97 Å². The van der Waals surface area contributed by atoms with Gasteiger partial charge in [-0.3, -0.25) is 9.00 Å². The van der Waals surface area contributed by atoms with E-state index in [4.69, 9.17) is 9.72 Å². The van der Waals surface area contributed by atoms with E-state index < -0.39 is 10.8 Å². The molecule has 0 spiro atoms. The number of fused-ring (bicyclic) bond motifs is 1. The van der Waals surface area contributed by atoms with E-state index in [0.29, 0.717) is 17.9 Å². The second-order valence-electron chi connectivity index (χ2n) is 9.00. The summed E-state index contributed by atoms with van der Waals surface area (Å²) >= 11 is 0. The highest BCUT2D eigenvalue weighted by atomic mass is 32.2. The predicted molar refractivity (Wildman–Crippen MR) is 155 cm³/mol. The molecule has 0 aliphatic rings. The number of nitrogens with zero attached hydrogens (tertiary/aromatic N) is 1. The van der Waals surface area contributed by atoms with Gasteiger partial charge in [-0.2, -0.15) is 0 Å². The van der Waals surface area contributed by atoms with Gasteiger partial charge in [-0.05, 0) is 78.2 Å². The van der Waals surface area contributed by atoms with Gasteiger partial charge in [0.15, 0.2) is 5.82 Å². The largest absolute Gasteiger partial charge is 0.497 e. The Balaban J connectivity index is 1.53. The molecule has 1 unspecified atom stereocenters. The van der Waals surface area contributed by atoms with E-state index in [1.54, 1.807) is 26.5 Å². The lowest BCUT2D eigenvalue weighted by Crippen LogP contribution is -2.07. The molecule has 1 atom stereocenters. The lowest BCUT2D eigenvalue weighted by atomic mass is 10.0. The van der Waals surface area contributed by atoms with Gasteiger partial charge in [0.25, 0.3) is 5.56 Å². The van der Waals surface area contributed by atoms with Crippen molar-refractivity contribution in [3.05, 3.63) is 107 Å². The molecule has 192 valence electrons. The van der Waals surface area contributed by atoms with Gasteiger partial charge in [0, 0.05) is 51.3 Å². The Morgan fingerprint density at radius 1 is 0.974 bits per heavy atom. The molecule has 3 aromatic carbocycles. The van der Waals surface area contributed by atoms with E-state index in [-0.39, 0.29) is 5.56 Å². The Labute approximate surface area is 223 Å². The van der Waals surface area contributed by atoms with Crippen molar-refractivity contribution in [3.63, 3.8) is 0 Å². The van der Waals surface area contributed by atoms with Gasteiger partial charge in [-0.25, -0.2) is 4.98 Å². The second kappa shape index (κ2) is 10.9.